The van der Waals surface area contributed by atoms with Crippen LogP contribution in [-0.4, -0.2) is 129 Å². The van der Waals surface area contributed by atoms with Gasteiger partial charge in [-0.2, -0.15) is 0 Å². The minimum atomic E-state index is -1.79. The summed E-state index contributed by atoms with van der Waals surface area (Å²) in [6.45, 7) is -0.461. The fourth-order valence-electron chi connectivity index (χ4n) is 3.71. The number of carbonyl (C=O) groups is 1. The highest BCUT2D eigenvalue weighted by molar-refractivity contribution is 5.76. The first-order valence-electron chi connectivity index (χ1n) is 9.80. The van der Waals surface area contributed by atoms with Crippen molar-refractivity contribution in [3.05, 3.63) is 0 Å². The topological polar surface area (TPSA) is 208 Å². The number of rotatable bonds is 6. The second kappa shape index (κ2) is 10.1. The zero-order valence-electron chi connectivity index (χ0n) is 16.1. The molecule has 3 rings (SSSR count). The fraction of sp³-hybridized carbons (Fsp3) is 0.941. The molecule has 3 heterocycles. The summed E-state index contributed by atoms with van der Waals surface area (Å²) >= 11 is 0. The van der Waals surface area contributed by atoms with E-state index >= 15 is 0 Å². The number of aliphatic hydroxyl groups is 7. The lowest BCUT2D eigenvalue weighted by Gasteiger charge is -2.45. The predicted molar refractivity (Wildman–Crippen MR) is 93.5 cm³/mol. The molecule has 3 aliphatic rings. The maximum Gasteiger partial charge on any atom is 0.323 e. The molecule has 0 saturated carbocycles. The fourth-order valence-corrected chi connectivity index (χ4v) is 3.71. The molecule has 13 heteroatoms. The monoisotopic (exact) mass is 439 g/mol. The predicted octanol–water partition coefficient (Wildman–Crippen LogP) is -5.09. The van der Waals surface area contributed by atoms with Crippen molar-refractivity contribution in [1.82, 2.24) is 5.32 Å². The number of esters is 1. The van der Waals surface area contributed by atoms with Gasteiger partial charge in [0.1, 0.15) is 61.5 Å². The van der Waals surface area contributed by atoms with Crippen LogP contribution < -0.4 is 5.32 Å². The van der Waals surface area contributed by atoms with Crippen molar-refractivity contribution in [3.63, 3.8) is 0 Å². The van der Waals surface area contributed by atoms with Crippen molar-refractivity contribution in [3.8, 4) is 0 Å². The van der Waals surface area contributed by atoms with Crippen molar-refractivity contribution < 1.29 is 59.5 Å². The molecule has 3 saturated heterocycles. The Morgan fingerprint density at radius 3 is 2.30 bits per heavy atom. The summed E-state index contributed by atoms with van der Waals surface area (Å²) in [5, 5.41) is 72.2. The Morgan fingerprint density at radius 2 is 1.67 bits per heavy atom. The molecule has 0 bridgehead atoms. The maximum absolute atomic E-state index is 12.1. The van der Waals surface area contributed by atoms with E-state index in [4.69, 9.17) is 18.9 Å². The van der Waals surface area contributed by atoms with Gasteiger partial charge >= 0.3 is 5.97 Å². The standard InChI is InChI=1S/C17H29NO12/c19-4-7-9(20)10(21)13(24)17(29-7)30-14-8(28-16(26)12(23)11(14)22)5-27-15(25)6-2-1-3-18-6/h6-14,16-24,26H,1-5H2/t6-,7+,8+,9-,10-,11+,12+,13+,14-,16?,17-/m0/s1. The average Bonchev–Trinajstić information content (AvgIpc) is 3.27. The average molecular weight is 439 g/mol. The number of hydrogen-bond donors (Lipinski definition) is 8. The van der Waals surface area contributed by atoms with E-state index in [9.17, 15) is 40.5 Å². The summed E-state index contributed by atoms with van der Waals surface area (Å²) < 4.78 is 21.1. The van der Waals surface area contributed by atoms with Crippen LogP contribution in [0.25, 0.3) is 0 Å². The molecule has 0 aromatic heterocycles. The highest BCUT2D eigenvalue weighted by Crippen LogP contribution is 2.29. The number of aliphatic hydroxyl groups excluding tert-OH is 7. The molecular weight excluding hydrogens is 410 g/mol. The third-order valence-electron chi connectivity index (χ3n) is 5.53. The van der Waals surface area contributed by atoms with Crippen LogP contribution in [0, 0.1) is 0 Å². The van der Waals surface area contributed by atoms with E-state index in [0.29, 0.717) is 13.0 Å². The van der Waals surface area contributed by atoms with Crippen LogP contribution in [0.5, 0.6) is 0 Å². The molecule has 0 aromatic rings. The summed E-state index contributed by atoms with van der Waals surface area (Å²) in [5.41, 5.74) is 0. The van der Waals surface area contributed by atoms with Crippen LogP contribution in [0.3, 0.4) is 0 Å². The van der Waals surface area contributed by atoms with Crippen LogP contribution in [0.4, 0.5) is 0 Å². The summed E-state index contributed by atoms with van der Waals surface area (Å²) in [4.78, 5) is 12.1. The highest BCUT2D eigenvalue weighted by Gasteiger charge is 2.50. The minimum absolute atomic E-state index is 0.445. The zero-order chi connectivity index (χ0) is 22.0. The van der Waals surface area contributed by atoms with Crippen LogP contribution in [-0.2, 0) is 23.7 Å². The molecule has 0 aromatic carbocycles. The van der Waals surface area contributed by atoms with E-state index in [-0.39, 0.29) is 0 Å². The van der Waals surface area contributed by atoms with Crippen LogP contribution in [0.1, 0.15) is 12.8 Å². The van der Waals surface area contributed by atoms with Gasteiger partial charge in [-0.25, -0.2) is 0 Å². The summed E-state index contributed by atoms with van der Waals surface area (Å²) in [7, 11) is 0. The second-order valence-corrected chi connectivity index (χ2v) is 7.62. The van der Waals surface area contributed by atoms with Crippen LogP contribution in [0.15, 0.2) is 0 Å². The van der Waals surface area contributed by atoms with Gasteiger partial charge in [-0.3, -0.25) is 4.79 Å². The quantitative estimate of drug-likeness (QED) is 0.182. The van der Waals surface area contributed by atoms with Gasteiger partial charge in [0.25, 0.3) is 0 Å². The van der Waals surface area contributed by atoms with E-state index in [1.807, 2.05) is 0 Å². The van der Waals surface area contributed by atoms with Crippen molar-refractivity contribution in [2.45, 2.75) is 80.3 Å². The molecular formula is C17H29NO12. The van der Waals surface area contributed by atoms with Gasteiger partial charge in [0, 0.05) is 0 Å². The number of ether oxygens (including phenoxy) is 4. The maximum atomic E-state index is 12.1. The van der Waals surface area contributed by atoms with Crippen molar-refractivity contribution in [1.29, 1.82) is 0 Å². The van der Waals surface area contributed by atoms with Crippen LogP contribution >= 0.6 is 0 Å². The number of carbonyl (C=O) groups excluding carboxylic acids is 1. The van der Waals surface area contributed by atoms with Gasteiger partial charge < -0.3 is 60.0 Å². The lowest BCUT2D eigenvalue weighted by Crippen LogP contribution is -2.64. The van der Waals surface area contributed by atoms with Crippen molar-refractivity contribution >= 4 is 5.97 Å². The van der Waals surface area contributed by atoms with Crippen molar-refractivity contribution in [2.75, 3.05) is 19.8 Å². The van der Waals surface area contributed by atoms with E-state index in [1.54, 1.807) is 0 Å². The van der Waals surface area contributed by atoms with E-state index in [2.05, 4.69) is 5.32 Å². The highest BCUT2D eigenvalue weighted by atomic mass is 16.7. The third-order valence-corrected chi connectivity index (χ3v) is 5.53. The molecule has 1 unspecified atom stereocenters. The SMILES string of the molecule is O=C(OC[C@H]1OC(O)[C@H](O)[C@@H](O)[C@H]1O[C@@H]1O[C@H](CO)[C@H](O)[C@H](O)[C@H]1O)[C@@H]1CCCN1. The largest absolute Gasteiger partial charge is 0.462 e. The van der Waals surface area contributed by atoms with E-state index in [1.165, 1.54) is 0 Å². The smallest absolute Gasteiger partial charge is 0.323 e. The third kappa shape index (κ3) is 4.92. The first-order valence-corrected chi connectivity index (χ1v) is 9.80. The molecule has 11 atom stereocenters. The Labute approximate surface area is 171 Å². The Balaban J connectivity index is 1.68. The minimum Gasteiger partial charge on any atom is -0.462 e. The molecule has 0 amide bonds. The molecule has 13 nitrogen and oxygen atoms in total. The number of nitrogens with one attached hydrogen (secondary N) is 1. The lowest BCUT2D eigenvalue weighted by molar-refractivity contribution is -0.355. The first-order chi connectivity index (χ1) is 14.2. The van der Waals surface area contributed by atoms with Crippen LogP contribution in [0.2, 0.25) is 0 Å². The Morgan fingerprint density at radius 1 is 0.933 bits per heavy atom. The van der Waals surface area contributed by atoms with E-state index < -0.39 is 86.6 Å². The van der Waals surface area contributed by atoms with Gasteiger partial charge in [0.2, 0.25) is 0 Å². The molecule has 3 fully saturated rings. The first kappa shape index (κ1) is 23.7. The Kier molecular flexibility index (Phi) is 7.97. The molecule has 0 aliphatic carbocycles. The Hall–Kier alpha value is -0.970. The molecule has 30 heavy (non-hydrogen) atoms. The normalized spacial score (nSPS) is 47.2. The lowest BCUT2D eigenvalue weighted by atomic mass is 9.97. The summed E-state index contributed by atoms with van der Waals surface area (Å²) in [6.07, 6.45) is -14.6. The molecule has 174 valence electrons. The van der Waals surface area contributed by atoms with Gasteiger partial charge in [-0.05, 0) is 19.4 Å². The zero-order valence-corrected chi connectivity index (χ0v) is 16.1. The van der Waals surface area contributed by atoms with Gasteiger partial charge in [0.05, 0.1) is 6.61 Å². The van der Waals surface area contributed by atoms with Gasteiger partial charge in [-0.15, -0.1) is 0 Å². The molecule has 3 aliphatic heterocycles. The summed E-state index contributed by atoms with van der Waals surface area (Å²) in [6, 6.07) is -0.487. The van der Waals surface area contributed by atoms with Gasteiger partial charge in [-0.1, -0.05) is 0 Å². The molecule has 8 N–H and O–H groups in total. The van der Waals surface area contributed by atoms with E-state index in [0.717, 1.165) is 6.42 Å². The summed E-state index contributed by atoms with van der Waals surface area (Å²) in [5.74, 6) is -0.558. The molecule has 0 radical (unpaired) electrons. The second-order valence-electron chi connectivity index (χ2n) is 7.62. The van der Waals surface area contributed by atoms with Gasteiger partial charge in [0.15, 0.2) is 12.6 Å². The Bertz CT molecular complexity index is 573. The number of hydrogen-bond acceptors (Lipinski definition) is 13. The van der Waals surface area contributed by atoms with Crippen molar-refractivity contribution in [2.24, 2.45) is 0 Å². The molecule has 0 spiro atoms.